The monoisotopic (exact) mass is 363 g/mol. The van der Waals surface area contributed by atoms with Crippen molar-refractivity contribution in [2.75, 3.05) is 0 Å². The fraction of sp³-hybridized carbons (Fsp3) is 0.462. The van der Waals surface area contributed by atoms with E-state index in [1.165, 1.54) is 0 Å². The summed E-state index contributed by atoms with van der Waals surface area (Å²) in [4.78, 5) is 10.7. The second-order valence-electron chi connectivity index (χ2n) is 5.57. The minimum atomic E-state index is -1.32. The van der Waals surface area contributed by atoms with E-state index in [0.29, 0.717) is 10.6 Å². The fourth-order valence-corrected chi connectivity index (χ4v) is 6.08. The number of carbonyl (C=O) groups excluding carboxylic acids is 1. The Bertz CT molecular complexity index is 397. The molecule has 0 saturated carbocycles. The molecule has 0 aliphatic carbocycles. The molecule has 0 radical (unpaired) electrons. The average Bonchev–Trinajstić information content (AvgIpc) is 2.25. The first kappa shape index (κ1) is 14.7. The molecule has 0 bridgehead atoms. The van der Waals surface area contributed by atoms with E-state index in [9.17, 15) is 4.79 Å². The summed E-state index contributed by atoms with van der Waals surface area (Å²) in [5, 5.41) is 0.364. The van der Waals surface area contributed by atoms with Crippen LogP contribution in [0.2, 0.25) is 18.1 Å². The Labute approximate surface area is 115 Å². The second-order valence-corrected chi connectivity index (χ2v) is 20.0. The summed E-state index contributed by atoms with van der Waals surface area (Å²) < 4.78 is 5.95. The molecule has 0 heterocycles. The number of hydrogen-bond acceptors (Lipinski definition) is 2. The van der Waals surface area contributed by atoms with Gasteiger partial charge in [-0.1, -0.05) is 0 Å². The topological polar surface area (TPSA) is 26.3 Å². The number of carbonyl (C=O) groups is 1. The Balaban J connectivity index is 2.70. The zero-order chi connectivity index (χ0) is 13.1. The molecule has 0 aromatic heterocycles. The predicted octanol–water partition coefficient (Wildman–Crippen LogP) is 0.887. The first-order chi connectivity index (χ1) is 7.76. The third-order valence-electron chi connectivity index (χ3n) is 3.10. The first-order valence-electron chi connectivity index (χ1n) is 5.64. The van der Waals surface area contributed by atoms with E-state index in [2.05, 4.69) is 33.9 Å². The van der Waals surface area contributed by atoms with Crippen LogP contribution in [0.25, 0.3) is 0 Å². The van der Waals surface area contributed by atoms with E-state index in [1.54, 1.807) is 6.07 Å². The summed E-state index contributed by atoms with van der Waals surface area (Å²) in [6.45, 7) is 11.6. The van der Waals surface area contributed by atoms with Crippen molar-refractivity contribution in [3.05, 3.63) is 29.8 Å². The van der Waals surface area contributed by atoms with Crippen molar-refractivity contribution in [3.8, 4) is 5.75 Å². The fourth-order valence-electron chi connectivity index (χ4n) is 0.893. The molecule has 0 fully saturated rings. The van der Waals surface area contributed by atoms with Crippen LogP contribution in [-0.2, 0) is 0 Å². The number of halogens is 1. The molecule has 2 nitrogen and oxygen atoms in total. The van der Waals surface area contributed by atoms with Crippen molar-refractivity contribution in [2.45, 2.75) is 38.9 Å². The van der Waals surface area contributed by atoms with Crippen LogP contribution < -0.4 is 23.9 Å². The van der Waals surface area contributed by atoms with Crippen molar-refractivity contribution >= 4 is 11.9 Å². The minimum absolute atomic E-state index is 0.285. The molecule has 0 N–H and O–H groups in total. The zero-order valence-electron chi connectivity index (χ0n) is 11.1. The summed E-state index contributed by atoms with van der Waals surface area (Å²) in [6, 6.07) is 7.42. The van der Waals surface area contributed by atoms with Crippen molar-refractivity contribution in [2.24, 2.45) is 0 Å². The maximum absolute atomic E-state index is 10.7. The van der Waals surface area contributed by atoms with Crippen molar-refractivity contribution in [3.63, 3.8) is 0 Å². The van der Waals surface area contributed by atoms with Crippen LogP contribution >= 0.6 is 0 Å². The molecule has 17 heavy (non-hydrogen) atoms. The van der Waals surface area contributed by atoms with E-state index >= 15 is 0 Å². The van der Waals surface area contributed by atoms with E-state index < -0.39 is 5.57 Å². The SMILES string of the molecule is CC(C)(C)[Si](C)(C)[I-]Oc1cccc(C=O)c1. The Morgan fingerprint density at radius 2 is 1.94 bits per heavy atom. The predicted molar refractivity (Wildman–Crippen MR) is 69.7 cm³/mol. The van der Waals surface area contributed by atoms with Gasteiger partial charge in [0.05, 0.1) is 0 Å². The van der Waals surface area contributed by atoms with Gasteiger partial charge >= 0.3 is 115 Å². The second kappa shape index (κ2) is 5.52. The molecule has 1 aromatic rings. The van der Waals surface area contributed by atoms with Gasteiger partial charge in [-0.25, -0.2) is 0 Å². The van der Waals surface area contributed by atoms with Crippen LogP contribution in [0.4, 0.5) is 0 Å². The number of aldehydes is 1. The van der Waals surface area contributed by atoms with Crippen LogP contribution in [0.5, 0.6) is 5.75 Å². The number of rotatable bonds is 4. The summed E-state index contributed by atoms with van der Waals surface area (Å²) in [5.41, 5.74) is -0.634. The third-order valence-corrected chi connectivity index (χ3v) is 16.5. The number of hydrogen-bond donors (Lipinski definition) is 0. The van der Waals surface area contributed by atoms with Crippen LogP contribution in [0.3, 0.4) is 0 Å². The Hall–Kier alpha value is -0.363. The van der Waals surface area contributed by atoms with Crippen LogP contribution in [0, 0.1) is 0 Å². The van der Waals surface area contributed by atoms with Crippen LogP contribution in [0.1, 0.15) is 31.1 Å². The molecule has 0 aliphatic heterocycles. The number of benzene rings is 1. The quantitative estimate of drug-likeness (QED) is 0.344. The molecule has 0 atom stereocenters. The summed E-state index contributed by atoms with van der Waals surface area (Å²) in [6.07, 6.45) is 0.859. The molecule has 4 heteroatoms. The van der Waals surface area contributed by atoms with Crippen molar-refractivity contribution < 1.29 is 28.7 Å². The van der Waals surface area contributed by atoms with Crippen LogP contribution in [-0.4, -0.2) is 11.9 Å². The summed E-state index contributed by atoms with van der Waals surface area (Å²) in [7, 11) is 0. The molecule has 0 amide bonds. The average molecular weight is 363 g/mol. The molecular weight excluding hydrogens is 343 g/mol. The first-order valence-corrected chi connectivity index (χ1v) is 12.6. The molecule has 0 aliphatic rings. The maximum atomic E-state index is 10.7. The summed E-state index contributed by atoms with van der Waals surface area (Å²) in [5.74, 6) is 0.840. The molecule has 1 rings (SSSR count). The molecule has 0 spiro atoms. The molecular formula is C13H20IO2Si-. The molecule has 96 valence electrons. The normalized spacial score (nSPS) is 12.5. The van der Waals surface area contributed by atoms with Gasteiger partial charge in [-0.15, -0.1) is 0 Å². The molecule has 0 saturated heterocycles. The van der Waals surface area contributed by atoms with Crippen LogP contribution in [0.15, 0.2) is 24.3 Å². The Morgan fingerprint density at radius 3 is 2.47 bits per heavy atom. The Kier molecular flexibility index (Phi) is 4.77. The van der Waals surface area contributed by atoms with E-state index in [1.807, 2.05) is 18.2 Å². The zero-order valence-corrected chi connectivity index (χ0v) is 14.2. The third kappa shape index (κ3) is 4.10. The van der Waals surface area contributed by atoms with Gasteiger partial charge in [-0.2, -0.15) is 0 Å². The Morgan fingerprint density at radius 1 is 1.29 bits per heavy atom. The van der Waals surface area contributed by atoms with Gasteiger partial charge in [0.1, 0.15) is 0 Å². The van der Waals surface area contributed by atoms with E-state index in [4.69, 9.17) is 3.07 Å². The van der Waals surface area contributed by atoms with E-state index in [-0.39, 0.29) is 20.8 Å². The van der Waals surface area contributed by atoms with Gasteiger partial charge < -0.3 is 0 Å². The van der Waals surface area contributed by atoms with Gasteiger partial charge in [0.15, 0.2) is 0 Å². The van der Waals surface area contributed by atoms with Crippen molar-refractivity contribution in [1.29, 1.82) is 0 Å². The molecule has 0 unspecified atom stereocenters. The van der Waals surface area contributed by atoms with Gasteiger partial charge in [-0.3, -0.25) is 0 Å². The van der Waals surface area contributed by atoms with Gasteiger partial charge in [0.25, 0.3) is 0 Å². The van der Waals surface area contributed by atoms with E-state index in [0.717, 1.165) is 12.0 Å². The van der Waals surface area contributed by atoms with Gasteiger partial charge in [0.2, 0.25) is 0 Å². The van der Waals surface area contributed by atoms with Gasteiger partial charge in [-0.05, 0) is 0 Å². The molecule has 1 aromatic carbocycles. The summed E-state index contributed by atoms with van der Waals surface area (Å²) >= 11 is -0.285. The standard InChI is InChI=1S/C13H20IO2Si/c1-13(2,3)17(4,5)14-16-12-8-6-7-11(9-12)10-15/h6-10H,1-5H3/q-1. The van der Waals surface area contributed by atoms with Gasteiger partial charge in [0, 0.05) is 0 Å². The van der Waals surface area contributed by atoms with Crippen molar-refractivity contribution in [1.82, 2.24) is 0 Å².